The van der Waals surface area contributed by atoms with Gasteiger partial charge in [0.25, 0.3) is 11.8 Å². The van der Waals surface area contributed by atoms with Crippen LogP contribution >= 0.6 is 40.0 Å². The van der Waals surface area contributed by atoms with Crippen molar-refractivity contribution in [2.24, 2.45) is 7.05 Å². The summed E-state index contributed by atoms with van der Waals surface area (Å²) < 4.78 is 15.3. The monoisotopic (exact) mass is 900 g/mol. The van der Waals surface area contributed by atoms with Crippen molar-refractivity contribution in [1.29, 1.82) is 0 Å². The maximum Gasteiger partial charge on any atom is 0.260 e. The molecule has 0 bridgehead atoms. The molecule has 0 saturated carbocycles. The van der Waals surface area contributed by atoms with Gasteiger partial charge in [-0.1, -0.05) is 54.1 Å². The van der Waals surface area contributed by atoms with Gasteiger partial charge in [-0.05, 0) is 95.0 Å². The Labute approximate surface area is 346 Å². The van der Waals surface area contributed by atoms with Crippen LogP contribution in [0.3, 0.4) is 0 Å². The Balaban J connectivity index is 1.18. The molecule has 2 unspecified atom stereocenters. The quantitative estimate of drug-likeness (QED) is 0.101. The number of hydrogen-bond acceptors (Lipinski definition) is 6. The SMILES string of the molecule is COc1ccccc1CN(C(=O)c1cc(-c2cc(Cl)ccc2C(=O)N2Cc3ccccc3CC2CN2CCOCC2)n(C)c1C)c1ccc2c(cnn2PI)c1. The fourth-order valence-corrected chi connectivity index (χ4v) is 9.72. The van der Waals surface area contributed by atoms with Gasteiger partial charge in [-0.15, -0.1) is 0 Å². The number of fused-ring (bicyclic) bond motifs is 2. The van der Waals surface area contributed by atoms with Gasteiger partial charge in [0.15, 0.2) is 0 Å². The van der Waals surface area contributed by atoms with Gasteiger partial charge in [-0.25, -0.2) is 4.45 Å². The molecule has 10 nitrogen and oxygen atoms in total. The average molecular weight is 901 g/mol. The predicted molar refractivity (Wildman–Crippen MR) is 233 cm³/mol. The molecule has 8 rings (SSSR count). The molecular formula is C43H43ClIN6O4P. The summed E-state index contributed by atoms with van der Waals surface area (Å²) in [4.78, 5) is 36.1. The molecule has 4 aromatic carbocycles. The van der Waals surface area contributed by atoms with Crippen molar-refractivity contribution in [2.75, 3.05) is 44.9 Å². The highest BCUT2D eigenvalue weighted by Crippen LogP contribution is 2.36. The average Bonchev–Trinajstić information content (AvgIpc) is 3.78. The number of anilines is 1. The molecule has 2 aromatic heterocycles. The number of para-hydroxylation sites is 1. The topological polar surface area (TPSA) is 85.1 Å². The molecule has 2 aliphatic heterocycles. The van der Waals surface area contributed by atoms with E-state index in [4.69, 9.17) is 21.1 Å². The van der Waals surface area contributed by atoms with Crippen molar-refractivity contribution in [3.8, 4) is 17.0 Å². The number of methoxy groups -OCH3 is 1. The molecule has 2 atom stereocenters. The van der Waals surface area contributed by atoms with Crippen molar-refractivity contribution >= 4 is 68.4 Å². The third-order valence-electron chi connectivity index (χ3n) is 11.2. The predicted octanol–water partition coefficient (Wildman–Crippen LogP) is 8.55. The molecule has 13 heteroatoms. The number of hydrogen-bond donors (Lipinski definition) is 0. The van der Waals surface area contributed by atoms with Gasteiger partial charge >= 0.3 is 0 Å². The lowest BCUT2D eigenvalue weighted by molar-refractivity contribution is 0.0193. The van der Waals surface area contributed by atoms with E-state index in [0.717, 1.165) is 65.2 Å². The summed E-state index contributed by atoms with van der Waals surface area (Å²) >= 11 is 9.02. The second-order valence-corrected chi connectivity index (χ2v) is 16.8. The van der Waals surface area contributed by atoms with Gasteiger partial charge in [0, 0.05) is 83.4 Å². The number of ether oxygens (including phenoxy) is 2. The maximum atomic E-state index is 15.0. The first-order valence-corrected chi connectivity index (χ1v) is 23.1. The van der Waals surface area contributed by atoms with E-state index in [0.29, 0.717) is 53.6 Å². The molecule has 1 fully saturated rings. The summed E-state index contributed by atoms with van der Waals surface area (Å²) in [7, 11) is 3.58. The van der Waals surface area contributed by atoms with Crippen LogP contribution in [0.5, 0.6) is 5.75 Å². The molecule has 2 aliphatic rings. The highest BCUT2D eigenvalue weighted by molar-refractivity contribution is 14.2. The van der Waals surface area contributed by atoms with Crippen molar-refractivity contribution in [1.82, 2.24) is 23.9 Å². The number of amides is 2. The zero-order valence-electron chi connectivity index (χ0n) is 31.5. The summed E-state index contributed by atoms with van der Waals surface area (Å²) in [5.41, 5.74) is 8.32. The smallest absolute Gasteiger partial charge is 0.260 e. The third kappa shape index (κ3) is 7.59. The van der Waals surface area contributed by atoms with Gasteiger partial charge in [0.1, 0.15) is 5.75 Å². The fraction of sp³-hybridized carbons (Fsp3) is 0.279. The van der Waals surface area contributed by atoms with Crippen molar-refractivity contribution < 1.29 is 19.1 Å². The minimum absolute atomic E-state index is 0.0170. The van der Waals surface area contributed by atoms with Crippen LogP contribution in [-0.2, 0) is 31.3 Å². The van der Waals surface area contributed by atoms with Crippen LogP contribution in [0.1, 0.15) is 43.1 Å². The van der Waals surface area contributed by atoms with Crippen LogP contribution in [-0.4, -0.2) is 81.7 Å². The number of morpholine rings is 1. The van der Waals surface area contributed by atoms with Crippen LogP contribution in [0, 0.1) is 6.92 Å². The Kier molecular flexibility index (Phi) is 11.5. The number of aromatic nitrogens is 3. The number of rotatable bonds is 10. The van der Waals surface area contributed by atoms with Crippen LogP contribution < -0.4 is 9.64 Å². The Morgan fingerprint density at radius 2 is 1.75 bits per heavy atom. The third-order valence-corrected chi connectivity index (χ3v) is 13.3. The van der Waals surface area contributed by atoms with Crippen LogP contribution in [0.4, 0.5) is 5.69 Å². The van der Waals surface area contributed by atoms with Crippen molar-refractivity contribution in [2.45, 2.75) is 32.5 Å². The van der Waals surface area contributed by atoms with E-state index in [1.54, 1.807) is 18.1 Å². The minimum Gasteiger partial charge on any atom is -0.496 e. The lowest BCUT2D eigenvalue weighted by Crippen LogP contribution is -2.52. The first-order chi connectivity index (χ1) is 27.2. The van der Waals surface area contributed by atoms with Crippen molar-refractivity contribution in [3.05, 3.63) is 136 Å². The lowest BCUT2D eigenvalue weighted by atomic mass is 9.92. The van der Waals surface area contributed by atoms with E-state index in [2.05, 4.69) is 50.2 Å². The normalized spacial score (nSPS) is 16.1. The Morgan fingerprint density at radius 1 is 0.982 bits per heavy atom. The molecule has 0 N–H and O–H groups in total. The van der Waals surface area contributed by atoms with E-state index < -0.39 is 0 Å². The fourth-order valence-electron chi connectivity index (χ4n) is 8.00. The van der Waals surface area contributed by atoms with E-state index in [1.165, 1.54) is 5.56 Å². The molecule has 4 heterocycles. The molecule has 6 aromatic rings. The summed E-state index contributed by atoms with van der Waals surface area (Å²) in [6.07, 6.45) is 3.07. The lowest BCUT2D eigenvalue weighted by Gasteiger charge is -2.40. The standard InChI is InChI=1S/C43H43ClIN6O4P/c1-28-37(43(53)49(26-31-10-6-7-11-41(31)54-3)34-13-15-39-32(21-34)24-46-51(39)56-45)23-40(47(28)2)38-22-33(44)12-14-36(38)42(52)50-25-30-9-5-4-8-29(30)20-35(50)27-48-16-18-55-19-17-48/h4-15,21-24,35,56H,16-20,25-27H2,1-3H3. The number of carbonyl (C=O) groups excluding carboxylic acids is 2. The van der Waals surface area contributed by atoms with Gasteiger partial charge in [0.05, 0.1) is 50.5 Å². The summed E-state index contributed by atoms with van der Waals surface area (Å²) in [5.74, 6) is 0.464. The van der Waals surface area contributed by atoms with Crippen LogP contribution in [0.2, 0.25) is 5.02 Å². The zero-order chi connectivity index (χ0) is 38.9. The first-order valence-electron chi connectivity index (χ1n) is 18.7. The molecular weight excluding hydrogens is 858 g/mol. The van der Waals surface area contributed by atoms with Gasteiger partial charge in [-0.2, -0.15) is 5.10 Å². The molecule has 0 radical (unpaired) electrons. The highest BCUT2D eigenvalue weighted by Gasteiger charge is 2.34. The van der Waals surface area contributed by atoms with Crippen molar-refractivity contribution in [3.63, 3.8) is 0 Å². The molecule has 56 heavy (non-hydrogen) atoms. The Bertz CT molecular complexity index is 2430. The minimum atomic E-state index is -0.175. The van der Waals surface area contributed by atoms with Gasteiger partial charge in [-0.3, -0.25) is 14.5 Å². The second-order valence-electron chi connectivity index (χ2n) is 14.3. The summed E-state index contributed by atoms with van der Waals surface area (Å²) in [5, 5.41) is 6.00. The van der Waals surface area contributed by atoms with E-state index in [1.807, 2.05) is 101 Å². The van der Waals surface area contributed by atoms with Gasteiger partial charge in [0.2, 0.25) is 0 Å². The van der Waals surface area contributed by atoms with Crippen LogP contribution in [0.25, 0.3) is 22.2 Å². The number of halogens is 2. The molecule has 288 valence electrons. The first kappa shape index (κ1) is 38.6. The number of nitrogens with zero attached hydrogens (tertiary/aromatic N) is 6. The summed E-state index contributed by atoms with van der Waals surface area (Å²) in [6, 6.07) is 29.5. The molecule has 0 aliphatic carbocycles. The van der Waals surface area contributed by atoms with Crippen LogP contribution in [0.15, 0.2) is 97.2 Å². The zero-order valence-corrected chi connectivity index (χ0v) is 35.5. The highest BCUT2D eigenvalue weighted by atomic mass is 127. The Hall–Kier alpha value is -4.26. The molecule has 2 amide bonds. The van der Waals surface area contributed by atoms with E-state index in [-0.39, 0.29) is 24.4 Å². The Morgan fingerprint density at radius 3 is 2.54 bits per heavy atom. The molecule has 1 saturated heterocycles. The second kappa shape index (κ2) is 16.7. The number of carbonyl (C=O) groups is 2. The largest absolute Gasteiger partial charge is 0.496 e. The maximum absolute atomic E-state index is 15.0. The van der Waals surface area contributed by atoms with E-state index in [9.17, 15) is 9.59 Å². The van der Waals surface area contributed by atoms with Gasteiger partial charge < -0.3 is 23.8 Å². The van der Waals surface area contributed by atoms with E-state index >= 15 is 0 Å². The number of benzene rings is 4. The molecule has 0 spiro atoms. The summed E-state index contributed by atoms with van der Waals surface area (Å²) in [6.45, 7) is 6.58.